The van der Waals surface area contributed by atoms with Gasteiger partial charge in [0.2, 0.25) is 5.91 Å². The molecule has 1 amide bonds. The fourth-order valence-electron chi connectivity index (χ4n) is 6.33. The summed E-state index contributed by atoms with van der Waals surface area (Å²) in [5.41, 5.74) is 9.25. The quantitative estimate of drug-likeness (QED) is 0.189. The molecule has 4 aromatic heterocycles. The second kappa shape index (κ2) is 11.8. The van der Waals surface area contributed by atoms with Gasteiger partial charge in [0.1, 0.15) is 11.6 Å². The molecule has 0 unspecified atom stereocenters. The number of thiophene rings is 1. The number of amides is 1. The average Bonchev–Trinajstić information content (AvgIpc) is 3.53. The highest BCUT2D eigenvalue weighted by atomic mass is 32.1. The monoisotopic (exact) mass is 619 g/mol. The van der Waals surface area contributed by atoms with Crippen molar-refractivity contribution in [3.8, 4) is 39.4 Å². The molecule has 7 rings (SSSR count). The second-order valence-electron chi connectivity index (χ2n) is 12.0. The van der Waals surface area contributed by atoms with Gasteiger partial charge in [-0.05, 0) is 73.8 Å². The summed E-state index contributed by atoms with van der Waals surface area (Å²) in [6, 6.07) is 11.1. The summed E-state index contributed by atoms with van der Waals surface area (Å²) in [5, 5.41) is 3.07. The van der Waals surface area contributed by atoms with Crippen molar-refractivity contribution < 1.29 is 13.9 Å². The third kappa shape index (κ3) is 5.51. The molecule has 2 aliphatic heterocycles. The van der Waals surface area contributed by atoms with Gasteiger partial charge in [0.15, 0.2) is 0 Å². The van der Waals surface area contributed by atoms with Gasteiger partial charge in [-0.25, -0.2) is 9.37 Å². The molecule has 0 aliphatic carbocycles. The van der Waals surface area contributed by atoms with Gasteiger partial charge >= 0.3 is 0 Å². The first-order chi connectivity index (χ1) is 21.8. The summed E-state index contributed by atoms with van der Waals surface area (Å²) in [7, 11) is 2.13. The number of aromatic nitrogens is 3. The lowest BCUT2D eigenvalue weighted by Gasteiger charge is -2.28. The van der Waals surface area contributed by atoms with Crippen LogP contribution in [0.3, 0.4) is 0 Å². The Morgan fingerprint density at radius 3 is 2.44 bits per heavy atom. The van der Waals surface area contributed by atoms with E-state index in [4.69, 9.17) is 19.7 Å². The number of likely N-dealkylation sites (N-methyl/N-ethyl adjacent to an activating group) is 1. The van der Waals surface area contributed by atoms with Crippen LogP contribution in [0.25, 0.3) is 43.7 Å². The van der Waals surface area contributed by atoms with Crippen LogP contribution in [0.1, 0.15) is 36.4 Å². The number of carbonyl (C=O) groups excluding carboxylic acids is 1. The van der Waals surface area contributed by atoms with Crippen LogP contribution in [-0.4, -0.2) is 56.9 Å². The molecule has 1 aromatic carbocycles. The Balaban J connectivity index is 1.47. The number of ether oxygens (including phenoxy) is 1. The van der Waals surface area contributed by atoms with E-state index in [1.165, 1.54) is 23.8 Å². The van der Waals surface area contributed by atoms with E-state index in [1.54, 1.807) is 22.3 Å². The minimum atomic E-state index is -0.365. The Hall–Kier alpha value is -4.47. The zero-order chi connectivity index (χ0) is 31.2. The standard InChI is InChI=1S/C36H34FN5O2S/c1-5-32(43)42-12-9-30-25(20-42)15-23(18-39-30)35-33(27-7-6-26(37)16-31(27)44-21(2)3)36-28(10-13-45-36)34(40-35)22-14-24-19-41(4)11-8-29(24)38-17-22/h5-7,10,13-18,21H,1,8-9,11-12,19-20H2,2-4H3. The number of nitrogens with zero attached hydrogens (tertiary/aromatic N) is 5. The van der Waals surface area contributed by atoms with Crippen LogP contribution in [-0.2, 0) is 30.7 Å². The smallest absolute Gasteiger partial charge is 0.246 e. The number of rotatable bonds is 6. The van der Waals surface area contributed by atoms with Crippen LogP contribution in [0.5, 0.6) is 5.75 Å². The van der Waals surface area contributed by atoms with Crippen LogP contribution in [0.15, 0.2) is 66.8 Å². The molecule has 0 saturated heterocycles. The third-order valence-corrected chi connectivity index (χ3v) is 9.42. The number of benzene rings is 1. The number of carbonyl (C=O) groups is 1. The molecular formula is C36H34FN5O2S. The molecule has 5 aromatic rings. The summed E-state index contributed by atoms with van der Waals surface area (Å²) >= 11 is 1.62. The average molecular weight is 620 g/mol. The molecule has 7 nitrogen and oxygen atoms in total. The molecule has 6 heterocycles. The fraction of sp³-hybridized carbons (Fsp3) is 0.278. The van der Waals surface area contributed by atoms with E-state index in [9.17, 15) is 9.18 Å². The van der Waals surface area contributed by atoms with Crippen LogP contribution in [0.4, 0.5) is 4.39 Å². The number of pyridine rings is 3. The van der Waals surface area contributed by atoms with Crippen LogP contribution >= 0.6 is 11.3 Å². The maximum absolute atomic E-state index is 14.6. The summed E-state index contributed by atoms with van der Waals surface area (Å²) in [5.74, 6) is -0.00219. The van der Waals surface area contributed by atoms with E-state index in [2.05, 4.69) is 42.1 Å². The van der Waals surface area contributed by atoms with E-state index < -0.39 is 0 Å². The van der Waals surface area contributed by atoms with Crippen molar-refractivity contribution in [3.63, 3.8) is 0 Å². The lowest BCUT2D eigenvalue weighted by atomic mass is 9.94. The van der Waals surface area contributed by atoms with Crippen molar-refractivity contribution in [2.75, 3.05) is 20.1 Å². The third-order valence-electron chi connectivity index (χ3n) is 8.49. The predicted octanol–water partition coefficient (Wildman–Crippen LogP) is 7.07. The molecule has 2 aliphatic rings. The Kier molecular flexibility index (Phi) is 7.67. The Morgan fingerprint density at radius 1 is 1.00 bits per heavy atom. The molecule has 45 heavy (non-hydrogen) atoms. The van der Waals surface area contributed by atoms with E-state index in [1.807, 2.05) is 26.2 Å². The van der Waals surface area contributed by atoms with Crippen molar-refractivity contribution in [2.24, 2.45) is 0 Å². The van der Waals surface area contributed by atoms with Crippen LogP contribution in [0, 0.1) is 5.82 Å². The van der Waals surface area contributed by atoms with E-state index in [-0.39, 0.29) is 17.8 Å². The molecule has 0 N–H and O–H groups in total. The van der Waals surface area contributed by atoms with Crippen molar-refractivity contribution in [3.05, 3.63) is 95.2 Å². The lowest BCUT2D eigenvalue weighted by molar-refractivity contribution is -0.126. The summed E-state index contributed by atoms with van der Waals surface area (Å²) < 4.78 is 21.8. The first kappa shape index (κ1) is 29.3. The van der Waals surface area contributed by atoms with Crippen molar-refractivity contribution in [1.29, 1.82) is 0 Å². The lowest BCUT2D eigenvalue weighted by Crippen LogP contribution is -2.35. The normalized spacial score (nSPS) is 14.8. The highest BCUT2D eigenvalue weighted by Crippen LogP contribution is 2.46. The number of hydrogen-bond donors (Lipinski definition) is 0. The molecule has 0 fully saturated rings. The van der Waals surface area contributed by atoms with E-state index in [0.717, 1.165) is 80.2 Å². The van der Waals surface area contributed by atoms with Gasteiger partial charge in [-0.3, -0.25) is 14.8 Å². The van der Waals surface area contributed by atoms with E-state index >= 15 is 0 Å². The van der Waals surface area contributed by atoms with Gasteiger partial charge in [-0.2, -0.15) is 0 Å². The zero-order valence-electron chi connectivity index (χ0n) is 25.6. The van der Waals surface area contributed by atoms with Crippen molar-refractivity contribution in [2.45, 2.75) is 45.9 Å². The van der Waals surface area contributed by atoms with Gasteiger partial charge in [0, 0.05) is 101 Å². The molecular weight excluding hydrogens is 585 g/mol. The van der Waals surface area contributed by atoms with Gasteiger partial charge in [-0.1, -0.05) is 6.58 Å². The predicted molar refractivity (Wildman–Crippen MR) is 177 cm³/mol. The SMILES string of the molecule is C=CC(=O)N1CCc2ncc(-c3nc(-c4cnc5c(c4)CN(C)CC5)c4ccsc4c3-c3ccc(F)cc3OC(C)C)cc2C1. The molecule has 9 heteroatoms. The topological polar surface area (TPSA) is 71.5 Å². The fourth-order valence-corrected chi connectivity index (χ4v) is 7.28. The molecule has 0 radical (unpaired) electrons. The maximum Gasteiger partial charge on any atom is 0.246 e. The number of fused-ring (bicyclic) bond motifs is 3. The Labute approximate surface area is 266 Å². The molecule has 0 spiro atoms. The van der Waals surface area contributed by atoms with Gasteiger partial charge in [0.25, 0.3) is 0 Å². The largest absolute Gasteiger partial charge is 0.490 e. The Bertz CT molecular complexity index is 1970. The molecule has 0 saturated carbocycles. The zero-order valence-corrected chi connectivity index (χ0v) is 26.5. The number of hydrogen-bond acceptors (Lipinski definition) is 7. The molecule has 0 bridgehead atoms. The second-order valence-corrected chi connectivity index (χ2v) is 12.9. The first-order valence-corrected chi connectivity index (χ1v) is 16.1. The first-order valence-electron chi connectivity index (χ1n) is 15.2. The molecule has 0 atom stereocenters. The summed E-state index contributed by atoms with van der Waals surface area (Å²) in [4.78, 5) is 31.7. The molecule has 228 valence electrons. The van der Waals surface area contributed by atoms with Crippen LogP contribution < -0.4 is 4.74 Å². The summed E-state index contributed by atoms with van der Waals surface area (Å²) in [6.07, 6.45) is 6.59. The van der Waals surface area contributed by atoms with Gasteiger partial charge in [-0.15, -0.1) is 11.3 Å². The van der Waals surface area contributed by atoms with Crippen LogP contribution in [0.2, 0.25) is 0 Å². The van der Waals surface area contributed by atoms with Gasteiger partial charge < -0.3 is 14.5 Å². The highest BCUT2D eigenvalue weighted by molar-refractivity contribution is 7.18. The Morgan fingerprint density at radius 2 is 1.71 bits per heavy atom. The summed E-state index contributed by atoms with van der Waals surface area (Å²) in [6.45, 7) is 10.4. The minimum absolute atomic E-state index is 0.0977. The van der Waals surface area contributed by atoms with Crippen molar-refractivity contribution >= 4 is 27.3 Å². The highest BCUT2D eigenvalue weighted by Gasteiger charge is 2.26. The van der Waals surface area contributed by atoms with Crippen molar-refractivity contribution in [1.82, 2.24) is 24.8 Å². The van der Waals surface area contributed by atoms with Gasteiger partial charge in [0.05, 0.1) is 17.5 Å². The maximum atomic E-state index is 14.6. The van der Waals surface area contributed by atoms with E-state index in [0.29, 0.717) is 25.3 Å². The minimum Gasteiger partial charge on any atom is -0.490 e. The number of halogens is 1.